The van der Waals surface area contributed by atoms with Crippen LogP contribution in [0.5, 0.6) is 0 Å². The predicted molar refractivity (Wildman–Crippen MR) is 187 cm³/mol. The Morgan fingerprint density at radius 2 is 1.60 bits per heavy atom. The summed E-state index contributed by atoms with van der Waals surface area (Å²) in [5.41, 5.74) is 0.103. The number of likely N-dealkylation sites (tertiary alicyclic amines) is 1. The molecule has 3 saturated carbocycles. The third-order valence-electron chi connectivity index (χ3n) is 10.3. The molecule has 0 aromatic heterocycles. The van der Waals surface area contributed by atoms with Crippen LogP contribution in [0.3, 0.4) is 0 Å². The maximum Gasteiger partial charge on any atom is 0.408 e. The van der Waals surface area contributed by atoms with E-state index in [1.165, 1.54) is 4.90 Å². The Morgan fingerprint density at radius 1 is 0.920 bits per heavy atom. The van der Waals surface area contributed by atoms with Crippen LogP contribution in [0, 0.1) is 23.7 Å². The molecule has 1 unspecified atom stereocenters. The molecular formula is C36H49Cl2N5O7. The zero-order valence-electron chi connectivity index (χ0n) is 29.0. The Labute approximate surface area is 303 Å². The Bertz CT molecular complexity index is 1440. The molecule has 4 aliphatic rings. The molecule has 12 nitrogen and oxygen atoms in total. The van der Waals surface area contributed by atoms with Crippen molar-refractivity contribution in [3.63, 3.8) is 0 Å². The number of hydrogen-bond donors (Lipinski definition) is 4. The summed E-state index contributed by atoms with van der Waals surface area (Å²) in [5, 5.41) is 10.6. The molecule has 3 aliphatic carbocycles. The first-order valence-electron chi connectivity index (χ1n) is 17.8. The van der Waals surface area contributed by atoms with Gasteiger partial charge >= 0.3 is 6.09 Å². The predicted octanol–water partition coefficient (Wildman–Crippen LogP) is 3.77. The van der Waals surface area contributed by atoms with Gasteiger partial charge in [0.05, 0.1) is 12.6 Å². The van der Waals surface area contributed by atoms with E-state index in [0.717, 1.165) is 56.9 Å². The van der Waals surface area contributed by atoms with Gasteiger partial charge in [0.1, 0.15) is 22.0 Å². The van der Waals surface area contributed by atoms with Crippen LogP contribution in [-0.2, 0) is 35.3 Å². The zero-order chi connectivity index (χ0) is 36.2. The van der Waals surface area contributed by atoms with E-state index >= 15 is 0 Å². The van der Waals surface area contributed by atoms with Gasteiger partial charge < -0.3 is 30.9 Å². The highest BCUT2D eigenvalue weighted by Gasteiger charge is 2.74. The fourth-order valence-electron chi connectivity index (χ4n) is 7.41. The quantitative estimate of drug-likeness (QED) is 0.177. The van der Waals surface area contributed by atoms with Gasteiger partial charge in [-0.25, -0.2) is 4.79 Å². The van der Waals surface area contributed by atoms with Gasteiger partial charge in [0.25, 0.3) is 5.91 Å². The van der Waals surface area contributed by atoms with Gasteiger partial charge in [0.15, 0.2) is 0 Å². The number of piperidine rings is 1. The molecule has 1 aliphatic heterocycles. The number of rotatable bonds is 13. The van der Waals surface area contributed by atoms with E-state index in [9.17, 15) is 28.8 Å². The monoisotopic (exact) mass is 733 g/mol. The molecule has 5 atom stereocenters. The van der Waals surface area contributed by atoms with Crippen LogP contribution in [-0.4, -0.2) is 81.6 Å². The van der Waals surface area contributed by atoms with Crippen molar-refractivity contribution >= 4 is 58.7 Å². The van der Waals surface area contributed by atoms with E-state index < -0.39 is 76.0 Å². The summed E-state index contributed by atoms with van der Waals surface area (Å²) in [6.07, 6.45) is 6.53. The highest BCUT2D eigenvalue weighted by atomic mass is 35.5. The molecule has 1 heterocycles. The number of nitrogens with zero attached hydrogens (tertiary/aromatic N) is 1. The number of carbonyl (C=O) groups excluding carboxylic acids is 6. The molecule has 50 heavy (non-hydrogen) atoms. The molecule has 1 saturated heterocycles. The third-order valence-corrected chi connectivity index (χ3v) is 11.4. The van der Waals surface area contributed by atoms with E-state index in [-0.39, 0.29) is 37.3 Å². The Kier molecular flexibility index (Phi) is 12.0. The first kappa shape index (κ1) is 37.9. The molecule has 1 aromatic rings. The number of fused-ring (bicyclic) bond motifs is 1. The van der Waals surface area contributed by atoms with Gasteiger partial charge in [-0.3, -0.25) is 24.0 Å². The number of benzene rings is 1. The van der Waals surface area contributed by atoms with E-state index in [4.69, 9.17) is 27.9 Å². The summed E-state index contributed by atoms with van der Waals surface area (Å²) in [5.74, 6) is -4.39. The summed E-state index contributed by atoms with van der Waals surface area (Å²) in [4.78, 5) is 81.7. The summed E-state index contributed by atoms with van der Waals surface area (Å²) < 4.78 is 4.25. The maximum absolute atomic E-state index is 14.3. The first-order chi connectivity index (χ1) is 23.7. The van der Waals surface area contributed by atoms with Gasteiger partial charge in [-0.1, -0.05) is 68.9 Å². The summed E-state index contributed by atoms with van der Waals surface area (Å²) in [7, 11) is 0. The average Bonchev–Trinajstić information content (AvgIpc) is 3.36. The van der Waals surface area contributed by atoms with Crippen LogP contribution in [0.15, 0.2) is 30.3 Å². The lowest BCUT2D eigenvalue weighted by Gasteiger charge is -2.37. The lowest BCUT2D eigenvalue weighted by Crippen LogP contribution is -2.60. The second-order valence-corrected chi connectivity index (χ2v) is 16.6. The van der Waals surface area contributed by atoms with Crippen molar-refractivity contribution < 1.29 is 33.5 Å². The van der Waals surface area contributed by atoms with E-state index in [0.29, 0.717) is 0 Å². The van der Waals surface area contributed by atoms with Gasteiger partial charge in [-0.15, -0.1) is 23.2 Å². The number of Topliss-reactive ketones (excluding diaryl/α,β-unsaturated/α-hetero) is 1. The van der Waals surface area contributed by atoms with Crippen molar-refractivity contribution in [2.24, 2.45) is 23.7 Å². The Balaban J connectivity index is 1.27. The highest BCUT2D eigenvalue weighted by Crippen LogP contribution is 2.65. The van der Waals surface area contributed by atoms with Gasteiger partial charge in [0.2, 0.25) is 23.5 Å². The largest absolute Gasteiger partial charge is 0.444 e. The zero-order valence-corrected chi connectivity index (χ0v) is 30.5. The number of ether oxygens (including phenoxy) is 1. The minimum atomic E-state index is -1.24. The second kappa shape index (κ2) is 15.9. The van der Waals surface area contributed by atoms with Gasteiger partial charge in [-0.05, 0) is 57.4 Å². The number of carbonyl (C=O) groups is 6. The molecule has 274 valence electrons. The number of ketones is 1. The van der Waals surface area contributed by atoms with Crippen LogP contribution in [0.1, 0.15) is 84.1 Å². The fourth-order valence-corrected chi connectivity index (χ4v) is 8.24. The number of hydrogen-bond acceptors (Lipinski definition) is 7. The van der Waals surface area contributed by atoms with Crippen molar-refractivity contribution in [1.82, 2.24) is 26.2 Å². The summed E-state index contributed by atoms with van der Waals surface area (Å²) in [6, 6.07) is 6.04. The van der Waals surface area contributed by atoms with Crippen LogP contribution in [0.2, 0.25) is 0 Å². The normalized spacial score (nSPS) is 24.1. The molecule has 5 amide bonds. The minimum Gasteiger partial charge on any atom is -0.444 e. The Hall–Kier alpha value is -3.38. The highest BCUT2D eigenvalue weighted by molar-refractivity contribution is 6.51. The van der Waals surface area contributed by atoms with E-state index in [1.807, 2.05) is 30.3 Å². The first-order valence-corrected chi connectivity index (χ1v) is 18.5. The SMILES string of the molecule is CC(C)(C)OC(=O)N[C@H](C(=O)N1C[C@H]2[C@@H]([C@H]1C(=O)NC(CC1CCC1)C(=O)C(=O)NCC(=O)NCc1ccccc1)C2(Cl)Cl)C1CCCCC1. The number of halogens is 2. The topological polar surface area (TPSA) is 163 Å². The number of alkyl halides is 2. The third kappa shape index (κ3) is 9.29. The molecule has 4 fully saturated rings. The molecular weight excluding hydrogens is 685 g/mol. The standard InChI is InChI=1S/C36H49Cl2N5O7/c1-35(2,3)50-34(49)42-28(23-15-8-5-9-16-23)33(48)43-20-24-27(36(24,37)38)29(43)31(46)41-25(17-21-13-10-14-21)30(45)32(47)40-19-26(44)39-18-22-11-6-4-7-12-22/h4,6-7,11-12,21,23-25,27-29H,5,8-10,13-20H2,1-3H3,(H,39,44)(H,40,47)(H,41,46)(H,42,49)/t24-,25?,27-,28-,29-/m0/s1. The van der Waals surface area contributed by atoms with Crippen LogP contribution in [0.25, 0.3) is 0 Å². The molecule has 0 bridgehead atoms. The molecule has 1 aromatic carbocycles. The van der Waals surface area contributed by atoms with Crippen molar-refractivity contribution in [2.45, 2.75) is 113 Å². The van der Waals surface area contributed by atoms with Crippen molar-refractivity contribution in [3.8, 4) is 0 Å². The van der Waals surface area contributed by atoms with E-state index in [2.05, 4.69) is 21.3 Å². The molecule has 0 spiro atoms. The van der Waals surface area contributed by atoms with Crippen molar-refractivity contribution in [1.29, 1.82) is 0 Å². The molecule has 5 rings (SSSR count). The van der Waals surface area contributed by atoms with Crippen molar-refractivity contribution in [3.05, 3.63) is 35.9 Å². The minimum absolute atomic E-state index is 0.105. The Morgan fingerprint density at radius 3 is 2.22 bits per heavy atom. The van der Waals surface area contributed by atoms with E-state index in [1.54, 1.807) is 20.8 Å². The number of nitrogens with one attached hydrogen (secondary N) is 4. The smallest absolute Gasteiger partial charge is 0.408 e. The van der Waals surface area contributed by atoms with Crippen LogP contribution in [0.4, 0.5) is 4.79 Å². The summed E-state index contributed by atoms with van der Waals surface area (Å²) in [6.45, 7) is 5.17. The molecule has 14 heteroatoms. The summed E-state index contributed by atoms with van der Waals surface area (Å²) >= 11 is 13.2. The number of amides is 5. The lowest BCUT2D eigenvalue weighted by molar-refractivity contribution is -0.144. The molecule has 0 radical (unpaired) electrons. The number of alkyl carbamates (subject to hydrolysis) is 1. The van der Waals surface area contributed by atoms with Gasteiger partial charge in [0, 0.05) is 24.9 Å². The van der Waals surface area contributed by atoms with Crippen LogP contribution >= 0.6 is 23.2 Å². The van der Waals surface area contributed by atoms with Gasteiger partial charge in [-0.2, -0.15) is 0 Å². The van der Waals surface area contributed by atoms with Crippen LogP contribution < -0.4 is 21.3 Å². The fraction of sp³-hybridized carbons (Fsp3) is 0.667. The second-order valence-electron chi connectivity index (χ2n) is 15.2. The maximum atomic E-state index is 14.3. The lowest BCUT2D eigenvalue weighted by atomic mass is 9.80. The average molecular weight is 735 g/mol. The molecule has 4 N–H and O–H groups in total. The van der Waals surface area contributed by atoms with Crippen molar-refractivity contribution in [2.75, 3.05) is 13.1 Å².